The van der Waals surface area contributed by atoms with Crippen LogP contribution in [0, 0.1) is 0 Å². The topological polar surface area (TPSA) is 97.3 Å². The third kappa shape index (κ3) is 4.03. The van der Waals surface area contributed by atoms with Crippen LogP contribution in [-0.2, 0) is 4.79 Å². The van der Waals surface area contributed by atoms with E-state index >= 15 is 0 Å². The Morgan fingerprint density at radius 2 is 2.29 bits per heavy atom. The maximum Gasteiger partial charge on any atom is 0.318 e. The summed E-state index contributed by atoms with van der Waals surface area (Å²) in [6.45, 7) is 4.97. The normalized spacial score (nSPS) is 12.4. The van der Waals surface area contributed by atoms with Crippen molar-refractivity contribution in [2.24, 2.45) is 5.73 Å². The quantitative estimate of drug-likeness (QED) is 0.700. The summed E-state index contributed by atoms with van der Waals surface area (Å²) in [5, 5.41) is 11.0. The van der Waals surface area contributed by atoms with Crippen LogP contribution in [0.4, 0.5) is 6.01 Å². The van der Waals surface area contributed by atoms with Crippen molar-refractivity contribution in [1.82, 2.24) is 15.5 Å². The van der Waals surface area contributed by atoms with Gasteiger partial charge in [-0.3, -0.25) is 4.79 Å². The molecule has 3 N–H and O–H groups in total. The molecule has 0 aliphatic heterocycles. The van der Waals surface area contributed by atoms with Gasteiger partial charge in [0.2, 0.25) is 11.8 Å². The minimum absolute atomic E-state index is 0.00169. The third-order valence-electron chi connectivity index (χ3n) is 2.22. The molecule has 0 saturated carbocycles. The van der Waals surface area contributed by atoms with Crippen LogP contribution in [0.25, 0.3) is 0 Å². The number of nitrogens with two attached hydrogens (primary N) is 1. The predicted octanol–water partition coefficient (Wildman–Crippen LogP) is 0.0517. The predicted molar refractivity (Wildman–Crippen MR) is 63.5 cm³/mol. The van der Waals surface area contributed by atoms with Crippen molar-refractivity contribution in [3.05, 3.63) is 5.89 Å². The van der Waals surface area contributed by atoms with Crippen LogP contribution < -0.4 is 16.0 Å². The van der Waals surface area contributed by atoms with Gasteiger partial charge in [-0.25, -0.2) is 0 Å². The Morgan fingerprint density at radius 1 is 1.59 bits per heavy atom. The van der Waals surface area contributed by atoms with Crippen LogP contribution >= 0.6 is 0 Å². The van der Waals surface area contributed by atoms with E-state index in [-0.39, 0.29) is 12.6 Å². The van der Waals surface area contributed by atoms with Crippen LogP contribution in [0.5, 0.6) is 0 Å². The zero-order chi connectivity index (χ0) is 12.8. The van der Waals surface area contributed by atoms with Gasteiger partial charge >= 0.3 is 6.01 Å². The van der Waals surface area contributed by atoms with E-state index < -0.39 is 5.91 Å². The highest BCUT2D eigenvalue weighted by Gasteiger charge is 2.16. The van der Waals surface area contributed by atoms with Gasteiger partial charge < -0.3 is 20.4 Å². The smallest absolute Gasteiger partial charge is 0.318 e. The number of hydrogen-bond acceptors (Lipinski definition) is 6. The lowest BCUT2D eigenvalue weighted by atomic mass is 10.3. The summed E-state index contributed by atoms with van der Waals surface area (Å²) in [6, 6.07) is 0.294. The van der Waals surface area contributed by atoms with Gasteiger partial charge in [-0.1, -0.05) is 12.0 Å². The Hall–Kier alpha value is -1.63. The molecule has 0 aliphatic carbocycles. The number of aromatic nitrogens is 2. The fourth-order valence-corrected chi connectivity index (χ4v) is 1.31. The third-order valence-corrected chi connectivity index (χ3v) is 2.22. The van der Waals surface area contributed by atoms with Gasteiger partial charge in [0.25, 0.3) is 0 Å². The first-order valence-corrected chi connectivity index (χ1v) is 5.60. The lowest BCUT2D eigenvalue weighted by Crippen LogP contribution is -2.30. The molecule has 17 heavy (non-hydrogen) atoms. The molecule has 96 valence electrons. The lowest BCUT2D eigenvalue weighted by Gasteiger charge is -2.11. The Labute approximate surface area is 100 Å². The van der Waals surface area contributed by atoms with Crippen molar-refractivity contribution >= 4 is 11.9 Å². The van der Waals surface area contributed by atoms with Crippen LogP contribution in [0.1, 0.15) is 32.2 Å². The molecule has 7 heteroatoms. The van der Waals surface area contributed by atoms with Crippen molar-refractivity contribution in [3.63, 3.8) is 0 Å². The van der Waals surface area contributed by atoms with Crippen molar-refractivity contribution in [1.29, 1.82) is 0 Å². The van der Waals surface area contributed by atoms with Crippen LogP contribution in [0.15, 0.2) is 4.42 Å². The van der Waals surface area contributed by atoms with E-state index in [2.05, 4.69) is 22.4 Å². The van der Waals surface area contributed by atoms with E-state index in [0.717, 1.165) is 13.0 Å². The summed E-state index contributed by atoms with van der Waals surface area (Å²) in [5.74, 6) is 0.0641. The number of hydrogen-bond donors (Lipinski definition) is 2. The lowest BCUT2D eigenvalue weighted by molar-refractivity contribution is -0.116. The van der Waals surface area contributed by atoms with Crippen molar-refractivity contribution in [2.45, 2.75) is 26.3 Å². The first-order chi connectivity index (χ1) is 8.04. The fourth-order valence-electron chi connectivity index (χ4n) is 1.31. The highest BCUT2D eigenvalue weighted by Crippen LogP contribution is 2.15. The van der Waals surface area contributed by atoms with E-state index in [4.69, 9.17) is 10.2 Å². The largest absolute Gasteiger partial charge is 0.406 e. The van der Waals surface area contributed by atoms with Gasteiger partial charge in [0.15, 0.2) is 0 Å². The number of amides is 1. The molecule has 1 aromatic rings. The first-order valence-electron chi connectivity index (χ1n) is 5.60. The summed E-state index contributed by atoms with van der Waals surface area (Å²) >= 11 is 0. The molecule has 0 spiro atoms. The summed E-state index contributed by atoms with van der Waals surface area (Å²) in [5.41, 5.74) is 5.08. The van der Waals surface area contributed by atoms with Gasteiger partial charge in [0.05, 0.1) is 6.04 Å². The highest BCUT2D eigenvalue weighted by atomic mass is 16.4. The van der Waals surface area contributed by atoms with Gasteiger partial charge in [-0.15, -0.1) is 5.10 Å². The van der Waals surface area contributed by atoms with E-state index in [0.29, 0.717) is 11.9 Å². The van der Waals surface area contributed by atoms with Gasteiger partial charge in [0, 0.05) is 7.05 Å². The van der Waals surface area contributed by atoms with Crippen molar-refractivity contribution in [2.75, 3.05) is 25.0 Å². The molecule has 0 aliphatic rings. The number of nitrogens with zero attached hydrogens (tertiary/aromatic N) is 3. The molecule has 0 radical (unpaired) electrons. The molecule has 0 saturated heterocycles. The molecule has 1 aromatic heterocycles. The summed E-state index contributed by atoms with van der Waals surface area (Å²) < 4.78 is 5.44. The number of anilines is 1. The van der Waals surface area contributed by atoms with E-state index in [1.54, 1.807) is 7.05 Å². The average Bonchev–Trinajstić information content (AvgIpc) is 2.74. The second-order valence-electron chi connectivity index (χ2n) is 3.92. The number of rotatable bonds is 7. The molecular weight excluding hydrogens is 222 g/mol. The average molecular weight is 241 g/mol. The molecule has 0 bridgehead atoms. The Bertz CT molecular complexity index is 365. The number of carbonyl (C=O) groups excluding carboxylic acids is 1. The SMILES string of the molecule is CCCNC(C)c1nnc(N(C)CC(N)=O)o1. The molecular formula is C10H19N5O2. The minimum atomic E-state index is -0.440. The summed E-state index contributed by atoms with van der Waals surface area (Å²) in [6.07, 6.45) is 1.03. The van der Waals surface area contributed by atoms with Crippen molar-refractivity contribution in [3.8, 4) is 0 Å². The second-order valence-corrected chi connectivity index (χ2v) is 3.92. The highest BCUT2D eigenvalue weighted by molar-refractivity contribution is 5.78. The summed E-state index contributed by atoms with van der Waals surface area (Å²) in [7, 11) is 1.67. The molecule has 1 atom stereocenters. The molecule has 0 fully saturated rings. The van der Waals surface area contributed by atoms with Crippen LogP contribution in [0.3, 0.4) is 0 Å². The van der Waals surface area contributed by atoms with Crippen LogP contribution in [0.2, 0.25) is 0 Å². The Kier molecular flexibility index (Phi) is 4.89. The number of carbonyl (C=O) groups is 1. The minimum Gasteiger partial charge on any atom is -0.406 e. The van der Waals surface area contributed by atoms with E-state index in [1.807, 2.05) is 6.92 Å². The number of primary amides is 1. The molecule has 1 rings (SSSR count). The number of likely N-dealkylation sites (N-methyl/N-ethyl adjacent to an activating group) is 1. The Morgan fingerprint density at radius 3 is 2.88 bits per heavy atom. The molecule has 7 nitrogen and oxygen atoms in total. The van der Waals surface area contributed by atoms with E-state index in [1.165, 1.54) is 4.90 Å². The molecule has 1 heterocycles. The second kappa shape index (κ2) is 6.19. The van der Waals surface area contributed by atoms with Crippen LogP contribution in [-0.4, -0.2) is 36.2 Å². The van der Waals surface area contributed by atoms with Gasteiger partial charge in [0.1, 0.15) is 6.54 Å². The zero-order valence-electron chi connectivity index (χ0n) is 10.4. The fraction of sp³-hybridized carbons (Fsp3) is 0.700. The van der Waals surface area contributed by atoms with Gasteiger partial charge in [-0.2, -0.15) is 0 Å². The monoisotopic (exact) mass is 241 g/mol. The molecule has 0 aromatic carbocycles. The zero-order valence-corrected chi connectivity index (χ0v) is 10.4. The maximum atomic E-state index is 10.7. The van der Waals surface area contributed by atoms with Crippen molar-refractivity contribution < 1.29 is 9.21 Å². The van der Waals surface area contributed by atoms with Gasteiger partial charge in [-0.05, 0) is 19.9 Å². The standard InChI is InChI=1S/C10H19N5O2/c1-4-5-12-7(2)9-13-14-10(17-9)15(3)6-8(11)16/h7,12H,4-6H2,1-3H3,(H2,11,16). The summed E-state index contributed by atoms with van der Waals surface area (Å²) in [4.78, 5) is 12.3. The molecule has 1 amide bonds. The number of nitrogens with one attached hydrogen (secondary N) is 1. The first kappa shape index (κ1) is 13.4. The maximum absolute atomic E-state index is 10.7. The van der Waals surface area contributed by atoms with E-state index in [9.17, 15) is 4.79 Å². The molecule has 1 unspecified atom stereocenters. The Balaban J connectivity index is 2.60.